The maximum absolute atomic E-state index is 13.1. The molecule has 1 saturated heterocycles. The van der Waals surface area contributed by atoms with Crippen molar-refractivity contribution in [1.82, 2.24) is 19.6 Å². The standard InChI is InChI=1S/C22H28N4O4/c1-15-11-16(2)26(23-15)10-9-24(3)19(27)13-22(14-20(28)25(4)21(22)29)17-7-6-8-18(12-17)30-5/h6-8,11-12H,9-10,13-14H2,1-5H3/t22-/m0/s1. The number of aryl methyl sites for hydroxylation is 2. The molecular weight excluding hydrogens is 384 g/mol. The molecule has 0 bridgehead atoms. The molecule has 1 atom stereocenters. The van der Waals surface area contributed by atoms with E-state index in [4.69, 9.17) is 4.74 Å². The fourth-order valence-corrected chi connectivity index (χ4v) is 3.94. The second-order valence-corrected chi connectivity index (χ2v) is 7.89. The molecule has 2 heterocycles. The number of carbonyl (C=O) groups excluding carboxylic acids is 3. The molecule has 1 aromatic carbocycles. The van der Waals surface area contributed by atoms with Crippen LogP contribution in [0.2, 0.25) is 0 Å². The van der Waals surface area contributed by atoms with Gasteiger partial charge < -0.3 is 9.64 Å². The Kier molecular flexibility index (Phi) is 5.96. The Labute approximate surface area is 176 Å². The van der Waals surface area contributed by atoms with Gasteiger partial charge in [-0.2, -0.15) is 5.10 Å². The Balaban J connectivity index is 1.82. The summed E-state index contributed by atoms with van der Waals surface area (Å²) in [4.78, 5) is 41.3. The van der Waals surface area contributed by atoms with E-state index >= 15 is 0 Å². The molecule has 0 saturated carbocycles. The van der Waals surface area contributed by atoms with Gasteiger partial charge in [0.25, 0.3) is 0 Å². The minimum absolute atomic E-state index is 0.0352. The Morgan fingerprint density at radius 1 is 1.27 bits per heavy atom. The average Bonchev–Trinajstić information content (AvgIpc) is 3.16. The number of hydrogen-bond donors (Lipinski definition) is 0. The van der Waals surface area contributed by atoms with Crippen LogP contribution in [0.1, 0.15) is 29.8 Å². The molecule has 160 valence electrons. The first-order valence-electron chi connectivity index (χ1n) is 9.88. The van der Waals surface area contributed by atoms with Crippen LogP contribution in [0.4, 0.5) is 0 Å². The van der Waals surface area contributed by atoms with Gasteiger partial charge in [-0.15, -0.1) is 0 Å². The summed E-state index contributed by atoms with van der Waals surface area (Å²) in [6.45, 7) is 4.90. The zero-order valence-corrected chi connectivity index (χ0v) is 18.1. The van der Waals surface area contributed by atoms with Crippen molar-refractivity contribution >= 4 is 17.7 Å². The second-order valence-electron chi connectivity index (χ2n) is 7.89. The highest BCUT2D eigenvalue weighted by atomic mass is 16.5. The van der Waals surface area contributed by atoms with E-state index in [0.717, 1.165) is 16.3 Å². The maximum atomic E-state index is 13.1. The van der Waals surface area contributed by atoms with E-state index in [1.165, 1.54) is 14.2 Å². The molecule has 1 fully saturated rings. The zero-order valence-electron chi connectivity index (χ0n) is 18.1. The van der Waals surface area contributed by atoms with Crippen LogP contribution in [0.3, 0.4) is 0 Å². The van der Waals surface area contributed by atoms with Gasteiger partial charge in [-0.05, 0) is 37.6 Å². The monoisotopic (exact) mass is 412 g/mol. The highest BCUT2D eigenvalue weighted by molar-refractivity contribution is 6.10. The van der Waals surface area contributed by atoms with Crippen molar-refractivity contribution in [1.29, 1.82) is 0 Å². The van der Waals surface area contributed by atoms with Crippen molar-refractivity contribution in [2.45, 2.75) is 38.6 Å². The number of methoxy groups -OCH3 is 1. The molecule has 0 aliphatic carbocycles. The molecule has 0 radical (unpaired) electrons. The number of imide groups is 1. The predicted octanol–water partition coefficient (Wildman–Crippen LogP) is 1.68. The molecule has 0 unspecified atom stereocenters. The van der Waals surface area contributed by atoms with Crippen LogP contribution in [0, 0.1) is 13.8 Å². The Hall–Kier alpha value is -3.16. The van der Waals surface area contributed by atoms with Gasteiger partial charge in [0.2, 0.25) is 17.7 Å². The first kappa shape index (κ1) is 21.5. The third-order valence-corrected chi connectivity index (χ3v) is 5.79. The van der Waals surface area contributed by atoms with Gasteiger partial charge in [0.1, 0.15) is 5.75 Å². The fraction of sp³-hybridized carbons (Fsp3) is 0.455. The number of ether oxygens (including phenoxy) is 1. The van der Waals surface area contributed by atoms with Crippen LogP contribution >= 0.6 is 0 Å². The quantitative estimate of drug-likeness (QED) is 0.646. The zero-order chi connectivity index (χ0) is 22.1. The normalized spacial score (nSPS) is 18.8. The van der Waals surface area contributed by atoms with Crippen LogP contribution in [0.5, 0.6) is 5.75 Å². The predicted molar refractivity (Wildman–Crippen MR) is 111 cm³/mol. The van der Waals surface area contributed by atoms with E-state index in [2.05, 4.69) is 5.10 Å². The molecule has 0 N–H and O–H groups in total. The van der Waals surface area contributed by atoms with Crippen LogP contribution < -0.4 is 4.74 Å². The van der Waals surface area contributed by atoms with Gasteiger partial charge >= 0.3 is 0 Å². The molecule has 1 aliphatic rings. The molecule has 1 aliphatic heterocycles. The third-order valence-electron chi connectivity index (χ3n) is 5.79. The SMILES string of the molecule is COc1cccc([C@]2(CC(=O)N(C)CCn3nc(C)cc3C)CC(=O)N(C)C2=O)c1. The number of benzene rings is 1. The topological polar surface area (TPSA) is 84.7 Å². The molecule has 3 rings (SSSR count). The lowest BCUT2D eigenvalue weighted by molar-refractivity contribution is -0.141. The van der Waals surface area contributed by atoms with Crippen LogP contribution in [0.25, 0.3) is 0 Å². The van der Waals surface area contributed by atoms with Crippen molar-refractivity contribution < 1.29 is 19.1 Å². The lowest BCUT2D eigenvalue weighted by Crippen LogP contribution is -2.42. The van der Waals surface area contributed by atoms with E-state index < -0.39 is 5.41 Å². The molecule has 3 amide bonds. The molecule has 2 aromatic rings. The summed E-state index contributed by atoms with van der Waals surface area (Å²) in [5, 5.41) is 4.42. The van der Waals surface area contributed by atoms with Crippen LogP contribution in [-0.4, -0.2) is 65.1 Å². The van der Waals surface area contributed by atoms with Gasteiger partial charge in [-0.1, -0.05) is 12.1 Å². The molecule has 8 heteroatoms. The third kappa shape index (κ3) is 3.94. The number of rotatable bonds is 7. The molecule has 0 spiro atoms. The summed E-state index contributed by atoms with van der Waals surface area (Å²) in [6, 6.07) is 9.02. The first-order valence-corrected chi connectivity index (χ1v) is 9.88. The van der Waals surface area contributed by atoms with E-state index in [1.54, 1.807) is 36.2 Å². The van der Waals surface area contributed by atoms with Crippen molar-refractivity contribution in [2.75, 3.05) is 27.7 Å². The van der Waals surface area contributed by atoms with Crippen LogP contribution in [0.15, 0.2) is 30.3 Å². The van der Waals surface area contributed by atoms with E-state index in [0.29, 0.717) is 24.4 Å². The van der Waals surface area contributed by atoms with Crippen molar-refractivity contribution in [2.24, 2.45) is 0 Å². The summed E-state index contributed by atoms with van der Waals surface area (Å²) >= 11 is 0. The van der Waals surface area contributed by atoms with Crippen LogP contribution in [-0.2, 0) is 26.3 Å². The number of hydrogen-bond acceptors (Lipinski definition) is 5. The van der Waals surface area contributed by atoms with E-state index in [-0.39, 0.29) is 30.6 Å². The summed E-state index contributed by atoms with van der Waals surface area (Å²) in [7, 11) is 4.71. The molecule has 1 aromatic heterocycles. The minimum Gasteiger partial charge on any atom is -0.497 e. The smallest absolute Gasteiger partial charge is 0.240 e. The summed E-state index contributed by atoms with van der Waals surface area (Å²) in [5.41, 5.74) is 1.35. The summed E-state index contributed by atoms with van der Waals surface area (Å²) < 4.78 is 7.14. The second kappa shape index (κ2) is 8.30. The van der Waals surface area contributed by atoms with Crippen molar-refractivity contribution in [3.8, 4) is 5.75 Å². The lowest BCUT2D eigenvalue weighted by Gasteiger charge is -2.29. The lowest BCUT2D eigenvalue weighted by atomic mass is 9.75. The fourth-order valence-electron chi connectivity index (χ4n) is 3.94. The number of aromatic nitrogens is 2. The van der Waals surface area contributed by atoms with E-state index in [1.807, 2.05) is 24.6 Å². The number of likely N-dealkylation sites (N-methyl/N-ethyl adjacent to an activating group) is 2. The molecular formula is C22H28N4O4. The van der Waals surface area contributed by atoms with Crippen molar-refractivity contribution in [3.63, 3.8) is 0 Å². The molecule has 30 heavy (non-hydrogen) atoms. The summed E-state index contributed by atoms with van der Waals surface area (Å²) in [6.07, 6.45) is -0.116. The van der Waals surface area contributed by atoms with Gasteiger partial charge in [0.15, 0.2) is 0 Å². The number of carbonyl (C=O) groups is 3. The van der Waals surface area contributed by atoms with Crippen molar-refractivity contribution in [3.05, 3.63) is 47.3 Å². The Bertz CT molecular complexity index is 983. The Morgan fingerprint density at radius 3 is 2.57 bits per heavy atom. The highest BCUT2D eigenvalue weighted by Crippen LogP contribution is 2.40. The van der Waals surface area contributed by atoms with Gasteiger partial charge in [0.05, 0.1) is 24.8 Å². The first-order chi connectivity index (χ1) is 14.2. The van der Waals surface area contributed by atoms with Gasteiger partial charge in [-0.25, -0.2) is 0 Å². The average molecular weight is 412 g/mol. The largest absolute Gasteiger partial charge is 0.497 e. The van der Waals surface area contributed by atoms with Gasteiger partial charge in [0, 0.05) is 39.2 Å². The number of likely N-dealkylation sites (tertiary alicyclic amines) is 1. The number of nitrogens with zero attached hydrogens (tertiary/aromatic N) is 4. The minimum atomic E-state index is -1.22. The number of amides is 3. The summed E-state index contributed by atoms with van der Waals surface area (Å²) in [5.74, 6) is -0.273. The van der Waals surface area contributed by atoms with E-state index in [9.17, 15) is 14.4 Å². The highest BCUT2D eigenvalue weighted by Gasteiger charge is 2.52. The molecule has 8 nitrogen and oxygen atoms in total. The maximum Gasteiger partial charge on any atom is 0.240 e. The van der Waals surface area contributed by atoms with Gasteiger partial charge in [-0.3, -0.25) is 24.0 Å². The Morgan fingerprint density at radius 2 is 2.00 bits per heavy atom.